The molecule has 3 aromatic rings. The van der Waals surface area contributed by atoms with E-state index in [0.29, 0.717) is 17.3 Å². The fourth-order valence-corrected chi connectivity index (χ4v) is 2.25. The molecule has 0 aliphatic carbocycles. The van der Waals surface area contributed by atoms with E-state index in [9.17, 15) is 4.79 Å². The molecule has 0 saturated heterocycles. The van der Waals surface area contributed by atoms with Crippen LogP contribution in [0.4, 0.5) is 0 Å². The predicted octanol–water partition coefficient (Wildman–Crippen LogP) is 3.07. The number of amides is 1. The van der Waals surface area contributed by atoms with Crippen LogP contribution < -0.4 is 5.32 Å². The molecule has 0 fully saturated rings. The van der Waals surface area contributed by atoms with Crippen molar-refractivity contribution in [2.75, 3.05) is 0 Å². The Morgan fingerprint density at radius 3 is 2.75 bits per heavy atom. The van der Waals surface area contributed by atoms with Gasteiger partial charge in [0.25, 0.3) is 5.91 Å². The third-order valence-corrected chi connectivity index (χ3v) is 3.65. The maximum Gasteiger partial charge on any atom is 0.251 e. The van der Waals surface area contributed by atoms with E-state index in [1.54, 1.807) is 18.5 Å². The van der Waals surface area contributed by atoms with E-state index in [0.717, 1.165) is 11.1 Å². The Bertz CT molecular complexity index is 823. The largest absolute Gasteiger partial charge is 0.341 e. The number of aromatic amines is 1. The molecule has 0 spiro atoms. The SMILES string of the molecule is CC(C)c1noc(C(C)NC(=O)c2cccc(-c3cn[nH]c3)c2)n1. The van der Waals surface area contributed by atoms with Gasteiger partial charge in [0.1, 0.15) is 6.04 Å². The molecule has 7 nitrogen and oxygen atoms in total. The fourth-order valence-electron chi connectivity index (χ4n) is 2.25. The number of nitrogens with one attached hydrogen (secondary N) is 2. The van der Waals surface area contributed by atoms with Crippen LogP contribution in [-0.4, -0.2) is 26.2 Å². The van der Waals surface area contributed by atoms with Crippen LogP contribution in [0.1, 0.15) is 54.8 Å². The molecule has 0 bridgehead atoms. The Balaban J connectivity index is 1.73. The zero-order chi connectivity index (χ0) is 17.1. The van der Waals surface area contributed by atoms with Gasteiger partial charge in [-0.3, -0.25) is 9.89 Å². The molecule has 0 aliphatic rings. The lowest BCUT2D eigenvalue weighted by Gasteiger charge is -2.10. The zero-order valence-electron chi connectivity index (χ0n) is 13.8. The number of carbonyl (C=O) groups is 1. The second kappa shape index (κ2) is 6.66. The molecule has 2 N–H and O–H groups in total. The number of rotatable bonds is 5. The Morgan fingerprint density at radius 2 is 2.08 bits per heavy atom. The van der Waals surface area contributed by atoms with Gasteiger partial charge >= 0.3 is 0 Å². The molecule has 1 aromatic carbocycles. The topological polar surface area (TPSA) is 96.7 Å². The predicted molar refractivity (Wildman–Crippen MR) is 88.3 cm³/mol. The second-order valence-corrected chi connectivity index (χ2v) is 5.91. The van der Waals surface area contributed by atoms with Crippen molar-refractivity contribution >= 4 is 5.91 Å². The minimum atomic E-state index is -0.366. The molecule has 2 aromatic heterocycles. The molecule has 0 saturated carbocycles. The van der Waals surface area contributed by atoms with Gasteiger partial charge in [0, 0.05) is 23.2 Å². The van der Waals surface area contributed by atoms with E-state index in [2.05, 4.69) is 25.7 Å². The Hall–Kier alpha value is -2.96. The molecule has 1 unspecified atom stereocenters. The molecule has 1 amide bonds. The first-order valence-electron chi connectivity index (χ1n) is 7.78. The highest BCUT2D eigenvalue weighted by Crippen LogP contribution is 2.20. The standard InChI is InChI=1S/C17H19N5O2/c1-10(2)15-21-17(24-22-15)11(3)20-16(23)13-6-4-5-12(7-13)14-8-18-19-9-14/h4-11H,1-3H3,(H,18,19)(H,20,23). The van der Waals surface area contributed by atoms with Crippen molar-refractivity contribution in [3.05, 3.63) is 53.9 Å². The highest BCUT2D eigenvalue weighted by atomic mass is 16.5. The first-order chi connectivity index (χ1) is 11.5. The highest BCUT2D eigenvalue weighted by Gasteiger charge is 2.18. The number of nitrogens with zero attached hydrogens (tertiary/aromatic N) is 3. The van der Waals surface area contributed by atoms with Crippen LogP contribution in [0.15, 0.2) is 41.2 Å². The summed E-state index contributed by atoms with van der Waals surface area (Å²) >= 11 is 0. The average molecular weight is 325 g/mol. The summed E-state index contributed by atoms with van der Waals surface area (Å²) in [5.74, 6) is 1.01. The van der Waals surface area contributed by atoms with Crippen molar-refractivity contribution in [3.63, 3.8) is 0 Å². The Morgan fingerprint density at radius 1 is 1.25 bits per heavy atom. The van der Waals surface area contributed by atoms with Gasteiger partial charge in [-0.15, -0.1) is 0 Å². The van der Waals surface area contributed by atoms with Crippen LogP contribution >= 0.6 is 0 Å². The number of benzene rings is 1. The minimum absolute atomic E-state index is 0.178. The lowest BCUT2D eigenvalue weighted by atomic mass is 10.1. The van der Waals surface area contributed by atoms with Gasteiger partial charge in [-0.05, 0) is 24.6 Å². The molecular weight excluding hydrogens is 306 g/mol. The van der Waals surface area contributed by atoms with Crippen molar-refractivity contribution in [2.24, 2.45) is 0 Å². The van der Waals surface area contributed by atoms with Gasteiger partial charge in [-0.1, -0.05) is 31.1 Å². The van der Waals surface area contributed by atoms with Crippen molar-refractivity contribution < 1.29 is 9.32 Å². The normalized spacial score (nSPS) is 12.3. The van der Waals surface area contributed by atoms with E-state index in [4.69, 9.17) is 4.52 Å². The maximum absolute atomic E-state index is 12.5. The summed E-state index contributed by atoms with van der Waals surface area (Å²) in [5.41, 5.74) is 2.41. The van der Waals surface area contributed by atoms with Crippen LogP contribution in [-0.2, 0) is 0 Å². The van der Waals surface area contributed by atoms with Crippen LogP contribution in [0.3, 0.4) is 0 Å². The first-order valence-corrected chi connectivity index (χ1v) is 7.78. The van der Waals surface area contributed by atoms with Gasteiger partial charge in [0.15, 0.2) is 5.82 Å². The van der Waals surface area contributed by atoms with Crippen LogP contribution in [0.25, 0.3) is 11.1 Å². The summed E-state index contributed by atoms with van der Waals surface area (Å²) < 4.78 is 5.22. The Kier molecular flexibility index (Phi) is 4.41. The Labute approximate surface area is 139 Å². The van der Waals surface area contributed by atoms with Gasteiger partial charge in [-0.25, -0.2) is 0 Å². The molecule has 2 heterocycles. The van der Waals surface area contributed by atoms with Gasteiger partial charge in [-0.2, -0.15) is 10.1 Å². The van der Waals surface area contributed by atoms with E-state index >= 15 is 0 Å². The average Bonchev–Trinajstić information content (AvgIpc) is 3.26. The summed E-state index contributed by atoms with van der Waals surface area (Å²) in [7, 11) is 0. The number of hydrogen-bond donors (Lipinski definition) is 2. The highest BCUT2D eigenvalue weighted by molar-refractivity contribution is 5.95. The lowest BCUT2D eigenvalue weighted by molar-refractivity contribution is 0.0932. The van der Waals surface area contributed by atoms with E-state index in [1.165, 1.54) is 0 Å². The number of H-pyrrole nitrogens is 1. The van der Waals surface area contributed by atoms with Crippen LogP contribution in [0, 0.1) is 0 Å². The smallest absolute Gasteiger partial charge is 0.251 e. The zero-order valence-corrected chi connectivity index (χ0v) is 13.8. The number of hydrogen-bond acceptors (Lipinski definition) is 5. The first kappa shape index (κ1) is 15.9. The second-order valence-electron chi connectivity index (χ2n) is 5.91. The van der Waals surface area contributed by atoms with Crippen LogP contribution in [0.5, 0.6) is 0 Å². The quantitative estimate of drug-likeness (QED) is 0.751. The van der Waals surface area contributed by atoms with E-state index < -0.39 is 0 Å². The molecular formula is C17H19N5O2. The summed E-state index contributed by atoms with van der Waals surface area (Å²) in [6.07, 6.45) is 3.50. The fraction of sp³-hybridized carbons (Fsp3) is 0.294. The van der Waals surface area contributed by atoms with Crippen molar-refractivity contribution in [1.82, 2.24) is 25.7 Å². The third-order valence-electron chi connectivity index (χ3n) is 3.65. The van der Waals surface area contributed by atoms with Crippen molar-refractivity contribution in [1.29, 1.82) is 0 Å². The summed E-state index contributed by atoms with van der Waals surface area (Å²) in [6, 6.07) is 6.98. The summed E-state index contributed by atoms with van der Waals surface area (Å²) in [6.45, 7) is 5.79. The molecule has 7 heteroatoms. The maximum atomic E-state index is 12.5. The number of carbonyl (C=O) groups excluding carboxylic acids is 1. The molecule has 1 atom stereocenters. The van der Waals surface area contributed by atoms with Gasteiger partial charge < -0.3 is 9.84 Å². The third kappa shape index (κ3) is 3.34. The number of aromatic nitrogens is 4. The minimum Gasteiger partial charge on any atom is -0.341 e. The molecule has 24 heavy (non-hydrogen) atoms. The van der Waals surface area contributed by atoms with Gasteiger partial charge in [0.05, 0.1) is 6.20 Å². The van der Waals surface area contributed by atoms with Crippen molar-refractivity contribution in [3.8, 4) is 11.1 Å². The molecule has 124 valence electrons. The monoisotopic (exact) mass is 325 g/mol. The molecule has 0 aliphatic heterocycles. The van der Waals surface area contributed by atoms with E-state index in [1.807, 2.05) is 39.0 Å². The summed E-state index contributed by atoms with van der Waals surface area (Å²) in [4.78, 5) is 16.8. The molecule has 0 radical (unpaired) electrons. The van der Waals surface area contributed by atoms with E-state index in [-0.39, 0.29) is 17.9 Å². The van der Waals surface area contributed by atoms with Crippen molar-refractivity contribution in [2.45, 2.75) is 32.7 Å². The van der Waals surface area contributed by atoms with Crippen LogP contribution in [0.2, 0.25) is 0 Å². The van der Waals surface area contributed by atoms with Gasteiger partial charge in [0.2, 0.25) is 5.89 Å². The molecule has 3 rings (SSSR count). The lowest BCUT2D eigenvalue weighted by Crippen LogP contribution is -2.26. The summed E-state index contributed by atoms with van der Waals surface area (Å²) in [5, 5.41) is 13.5.